The third-order valence-electron chi connectivity index (χ3n) is 5.57. The largest absolute Gasteiger partial charge is 0.489 e. The zero-order valence-electron chi connectivity index (χ0n) is 16.0. The fraction of sp³-hybridized carbons (Fsp3) is 0.458. The van der Waals surface area contributed by atoms with Crippen LogP contribution in [0.3, 0.4) is 0 Å². The molecule has 1 aliphatic rings. The number of hydrogen-bond donors (Lipinski definition) is 0. The highest BCUT2D eigenvalue weighted by molar-refractivity contribution is 5.79. The first-order valence-corrected chi connectivity index (χ1v) is 9.99. The Kier molecular flexibility index (Phi) is 6.49. The van der Waals surface area contributed by atoms with Crippen LogP contribution in [0.5, 0.6) is 5.75 Å². The van der Waals surface area contributed by atoms with Crippen molar-refractivity contribution in [3.8, 4) is 5.75 Å². The SMILES string of the molecule is CCCC(C)c1ccc(COc2ccc(C3CCC(=O)CC3)cc2)cc1. The van der Waals surface area contributed by atoms with Gasteiger partial charge in [0.15, 0.2) is 0 Å². The quantitative estimate of drug-likeness (QED) is 0.578. The van der Waals surface area contributed by atoms with E-state index < -0.39 is 0 Å². The Morgan fingerprint density at radius 1 is 1.00 bits per heavy atom. The van der Waals surface area contributed by atoms with E-state index in [9.17, 15) is 4.79 Å². The topological polar surface area (TPSA) is 26.3 Å². The Labute approximate surface area is 157 Å². The molecule has 26 heavy (non-hydrogen) atoms. The molecule has 1 fully saturated rings. The van der Waals surface area contributed by atoms with Crippen molar-refractivity contribution >= 4 is 5.78 Å². The molecular weight excluding hydrogens is 320 g/mol. The lowest BCUT2D eigenvalue weighted by Crippen LogP contribution is -2.12. The molecule has 2 nitrogen and oxygen atoms in total. The molecule has 0 spiro atoms. The average Bonchev–Trinajstić information content (AvgIpc) is 2.68. The molecule has 0 aromatic heterocycles. The highest BCUT2D eigenvalue weighted by atomic mass is 16.5. The summed E-state index contributed by atoms with van der Waals surface area (Å²) in [5.41, 5.74) is 3.94. The molecular formula is C24H30O2. The van der Waals surface area contributed by atoms with E-state index in [-0.39, 0.29) is 0 Å². The molecule has 0 heterocycles. The number of Topliss-reactive ketones (excluding diaryl/α,β-unsaturated/α-hetero) is 1. The first-order valence-electron chi connectivity index (χ1n) is 9.99. The van der Waals surface area contributed by atoms with Crippen LogP contribution in [0.2, 0.25) is 0 Å². The molecule has 2 heteroatoms. The lowest BCUT2D eigenvalue weighted by atomic mass is 9.83. The first kappa shape index (κ1) is 18.7. The normalized spacial score (nSPS) is 16.5. The monoisotopic (exact) mass is 350 g/mol. The highest BCUT2D eigenvalue weighted by Gasteiger charge is 2.19. The van der Waals surface area contributed by atoms with Crippen LogP contribution in [-0.2, 0) is 11.4 Å². The molecule has 0 N–H and O–H groups in total. The second-order valence-electron chi connectivity index (χ2n) is 7.60. The summed E-state index contributed by atoms with van der Waals surface area (Å²) in [5.74, 6) is 2.47. The molecule has 3 rings (SSSR count). The fourth-order valence-electron chi connectivity index (χ4n) is 3.82. The van der Waals surface area contributed by atoms with Gasteiger partial charge in [0.05, 0.1) is 0 Å². The maximum absolute atomic E-state index is 11.4. The zero-order chi connectivity index (χ0) is 18.4. The zero-order valence-corrected chi connectivity index (χ0v) is 16.0. The van der Waals surface area contributed by atoms with Crippen molar-refractivity contribution in [1.82, 2.24) is 0 Å². The Morgan fingerprint density at radius 2 is 1.65 bits per heavy atom. The summed E-state index contributed by atoms with van der Waals surface area (Å²) in [4.78, 5) is 11.4. The maximum atomic E-state index is 11.4. The van der Waals surface area contributed by atoms with Crippen molar-refractivity contribution in [3.63, 3.8) is 0 Å². The minimum absolute atomic E-state index is 0.413. The molecule has 0 radical (unpaired) electrons. The Hall–Kier alpha value is -2.09. The third kappa shape index (κ3) is 4.97. The summed E-state index contributed by atoms with van der Waals surface area (Å²) in [7, 11) is 0. The molecule has 138 valence electrons. The van der Waals surface area contributed by atoms with Crippen molar-refractivity contribution in [2.75, 3.05) is 0 Å². The molecule has 2 aromatic carbocycles. The molecule has 0 amide bonds. The van der Waals surface area contributed by atoms with Crippen LogP contribution in [-0.4, -0.2) is 5.78 Å². The predicted molar refractivity (Wildman–Crippen MR) is 107 cm³/mol. The summed E-state index contributed by atoms with van der Waals surface area (Å²) in [5, 5.41) is 0. The van der Waals surface area contributed by atoms with E-state index in [0.717, 1.165) is 31.4 Å². The minimum atomic E-state index is 0.413. The van der Waals surface area contributed by atoms with E-state index in [1.807, 2.05) is 0 Å². The molecule has 1 aliphatic carbocycles. The molecule has 2 aromatic rings. The molecule has 1 saturated carbocycles. The molecule has 1 unspecified atom stereocenters. The Balaban J connectivity index is 1.52. The standard InChI is InChI=1S/C24H30O2/c1-3-4-18(2)20-7-5-19(6-8-20)17-26-24-15-11-22(12-16-24)21-9-13-23(25)14-10-21/h5-8,11-12,15-16,18,21H,3-4,9-10,13-14,17H2,1-2H3. The summed E-state index contributed by atoms with van der Waals surface area (Å²) < 4.78 is 5.95. The number of ketones is 1. The summed E-state index contributed by atoms with van der Waals surface area (Å²) in [6.07, 6.45) is 5.89. The van der Waals surface area contributed by atoms with Gasteiger partial charge in [-0.05, 0) is 59.9 Å². The number of carbonyl (C=O) groups is 1. The Bertz CT molecular complexity index is 690. The van der Waals surface area contributed by atoms with Crippen LogP contribution in [0.15, 0.2) is 48.5 Å². The number of benzene rings is 2. The van der Waals surface area contributed by atoms with Gasteiger partial charge in [-0.25, -0.2) is 0 Å². The number of carbonyl (C=O) groups excluding carboxylic acids is 1. The van der Waals surface area contributed by atoms with Crippen LogP contribution >= 0.6 is 0 Å². The van der Waals surface area contributed by atoms with E-state index in [2.05, 4.69) is 62.4 Å². The summed E-state index contributed by atoms with van der Waals surface area (Å²) in [6, 6.07) is 17.2. The van der Waals surface area contributed by atoms with Gasteiger partial charge in [0.1, 0.15) is 18.1 Å². The Morgan fingerprint density at radius 3 is 2.27 bits per heavy atom. The average molecular weight is 351 g/mol. The van der Waals surface area contributed by atoms with Gasteiger partial charge in [0.2, 0.25) is 0 Å². The number of ether oxygens (including phenoxy) is 1. The third-order valence-corrected chi connectivity index (χ3v) is 5.57. The van der Waals surface area contributed by atoms with Crippen LogP contribution in [0.4, 0.5) is 0 Å². The van der Waals surface area contributed by atoms with E-state index >= 15 is 0 Å². The van der Waals surface area contributed by atoms with E-state index in [1.54, 1.807) is 0 Å². The van der Waals surface area contributed by atoms with Crippen LogP contribution < -0.4 is 4.74 Å². The van der Waals surface area contributed by atoms with Gasteiger partial charge in [0.25, 0.3) is 0 Å². The molecule has 1 atom stereocenters. The number of hydrogen-bond acceptors (Lipinski definition) is 2. The lowest BCUT2D eigenvalue weighted by Gasteiger charge is -2.21. The van der Waals surface area contributed by atoms with Gasteiger partial charge >= 0.3 is 0 Å². The fourth-order valence-corrected chi connectivity index (χ4v) is 3.82. The van der Waals surface area contributed by atoms with Crippen LogP contribution in [0.1, 0.15) is 80.9 Å². The van der Waals surface area contributed by atoms with Gasteiger partial charge in [0, 0.05) is 12.8 Å². The second-order valence-corrected chi connectivity index (χ2v) is 7.60. The van der Waals surface area contributed by atoms with E-state index in [0.29, 0.717) is 24.2 Å². The van der Waals surface area contributed by atoms with Crippen LogP contribution in [0, 0.1) is 0 Å². The summed E-state index contributed by atoms with van der Waals surface area (Å²) >= 11 is 0. The van der Waals surface area contributed by atoms with Gasteiger partial charge in [-0.2, -0.15) is 0 Å². The number of rotatable bonds is 7. The molecule has 0 aliphatic heterocycles. The van der Waals surface area contributed by atoms with E-state index in [1.165, 1.54) is 29.5 Å². The lowest BCUT2D eigenvalue weighted by molar-refractivity contribution is -0.120. The van der Waals surface area contributed by atoms with Crippen molar-refractivity contribution in [2.24, 2.45) is 0 Å². The van der Waals surface area contributed by atoms with Crippen molar-refractivity contribution in [1.29, 1.82) is 0 Å². The van der Waals surface area contributed by atoms with Crippen molar-refractivity contribution in [3.05, 3.63) is 65.2 Å². The molecule has 0 bridgehead atoms. The predicted octanol–water partition coefficient (Wildman–Crippen LogP) is 6.40. The smallest absolute Gasteiger partial charge is 0.132 e. The van der Waals surface area contributed by atoms with E-state index in [4.69, 9.17) is 4.74 Å². The first-order chi connectivity index (χ1) is 12.7. The van der Waals surface area contributed by atoms with Crippen molar-refractivity contribution < 1.29 is 9.53 Å². The van der Waals surface area contributed by atoms with Crippen molar-refractivity contribution in [2.45, 2.75) is 70.8 Å². The molecule has 0 saturated heterocycles. The highest BCUT2D eigenvalue weighted by Crippen LogP contribution is 2.32. The van der Waals surface area contributed by atoms with Gasteiger partial charge in [-0.1, -0.05) is 56.7 Å². The van der Waals surface area contributed by atoms with Gasteiger partial charge in [-0.3, -0.25) is 4.79 Å². The minimum Gasteiger partial charge on any atom is -0.489 e. The summed E-state index contributed by atoms with van der Waals surface area (Å²) in [6.45, 7) is 5.12. The van der Waals surface area contributed by atoms with Crippen LogP contribution in [0.25, 0.3) is 0 Å². The van der Waals surface area contributed by atoms with Gasteiger partial charge in [-0.15, -0.1) is 0 Å². The second kappa shape index (κ2) is 9.02. The van der Waals surface area contributed by atoms with Gasteiger partial charge < -0.3 is 4.74 Å². The maximum Gasteiger partial charge on any atom is 0.132 e.